The molecule has 2 aromatic heterocycles. The average molecular weight is 394 g/mol. The molecule has 0 unspecified atom stereocenters. The molecule has 6 nitrogen and oxygen atoms in total. The highest BCUT2D eigenvalue weighted by Crippen LogP contribution is 2.13. The van der Waals surface area contributed by atoms with Gasteiger partial charge in [0.1, 0.15) is 5.69 Å². The number of anilines is 4. The van der Waals surface area contributed by atoms with E-state index in [0.29, 0.717) is 11.9 Å². The van der Waals surface area contributed by atoms with E-state index >= 15 is 0 Å². The van der Waals surface area contributed by atoms with Gasteiger partial charge in [-0.1, -0.05) is 42.3 Å². The van der Waals surface area contributed by atoms with Crippen LogP contribution in [0.2, 0.25) is 0 Å². The fourth-order valence-electron chi connectivity index (χ4n) is 2.48. The van der Waals surface area contributed by atoms with Crippen LogP contribution in [-0.4, -0.2) is 19.9 Å². The maximum atomic E-state index is 4.32. The Kier molecular flexibility index (Phi) is 7.47. The van der Waals surface area contributed by atoms with Gasteiger partial charge in [-0.15, -0.1) is 0 Å². The number of hydrogen-bond donors (Lipinski definition) is 2. The molecule has 0 aliphatic heterocycles. The average Bonchev–Trinajstić information content (AvgIpc) is 2.76. The minimum Gasteiger partial charge on any atom is -0.324 e. The third kappa shape index (κ3) is 6.73. The fraction of sp³-hybridized carbons (Fsp3) is 0.0833. The van der Waals surface area contributed by atoms with E-state index in [0.717, 1.165) is 22.8 Å². The van der Waals surface area contributed by atoms with Gasteiger partial charge < -0.3 is 10.6 Å². The van der Waals surface area contributed by atoms with Crippen molar-refractivity contribution < 1.29 is 0 Å². The molecule has 0 radical (unpaired) electrons. The van der Waals surface area contributed by atoms with Crippen molar-refractivity contribution in [1.29, 1.82) is 0 Å². The third-order valence-electron chi connectivity index (χ3n) is 3.73. The van der Waals surface area contributed by atoms with Gasteiger partial charge in [0.15, 0.2) is 0 Å². The number of rotatable bonds is 4. The SMILES string of the molecule is CC#Cc1cc(C)nc(Nc2ccccc2)n1.c1ccc(Nc2ncccn2)cc1. The Hall–Kier alpha value is -4.24. The van der Waals surface area contributed by atoms with Gasteiger partial charge in [-0.3, -0.25) is 0 Å². The van der Waals surface area contributed by atoms with Gasteiger partial charge in [0.05, 0.1) is 0 Å². The quantitative estimate of drug-likeness (QED) is 0.468. The molecule has 0 aliphatic rings. The molecule has 4 rings (SSSR count). The molecule has 148 valence electrons. The largest absolute Gasteiger partial charge is 0.324 e. The second-order valence-corrected chi connectivity index (χ2v) is 6.15. The molecule has 0 aliphatic carbocycles. The van der Waals surface area contributed by atoms with E-state index in [1.165, 1.54) is 0 Å². The van der Waals surface area contributed by atoms with E-state index in [4.69, 9.17) is 0 Å². The van der Waals surface area contributed by atoms with E-state index < -0.39 is 0 Å². The highest BCUT2D eigenvalue weighted by Gasteiger charge is 2.00. The molecule has 4 aromatic rings. The molecule has 0 spiro atoms. The first kappa shape index (κ1) is 20.5. The van der Waals surface area contributed by atoms with Gasteiger partial charge in [0.25, 0.3) is 0 Å². The summed E-state index contributed by atoms with van der Waals surface area (Å²) >= 11 is 0. The van der Waals surface area contributed by atoms with Crippen molar-refractivity contribution in [2.45, 2.75) is 13.8 Å². The molecule has 0 saturated carbocycles. The van der Waals surface area contributed by atoms with Crippen LogP contribution in [0.15, 0.2) is 85.2 Å². The fourth-order valence-corrected chi connectivity index (χ4v) is 2.48. The van der Waals surface area contributed by atoms with Crippen molar-refractivity contribution in [2.75, 3.05) is 10.6 Å². The zero-order valence-corrected chi connectivity index (χ0v) is 16.9. The lowest BCUT2D eigenvalue weighted by Crippen LogP contribution is -2.00. The molecular formula is C24H22N6. The molecular weight excluding hydrogens is 372 g/mol. The summed E-state index contributed by atoms with van der Waals surface area (Å²) in [5.41, 5.74) is 3.59. The van der Waals surface area contributed by atoms with E-state index in [1.54, 1.807) is 25.4 Å². The lowest BCUT2D eigenvalue weighted by molar-refractivity contribution is 1.09. The van der Waals surface area contributed by atoms with Crippen molar-refractivity contribution in [2.24, 2.45) is 0 Å². The summed E-state index contributed by atoms with van der Waals surface area (Å²) in [5, 5.41) is 6.24. The number of nitrogens with zero attached hydrogens (tertiary/aromatic N) is 4. The molecule has 0 bridgehead atoms. The van der Waals surface area contributed by atoms with E-state index in [9.17, 15) is 0 Å². The minimum absolute atomic E-state index is 0.578. The first-order valence-corrected chi connectivity index (χ1v) is 9.42. The smallest absolute Gasteiger partial charge is 0.228 e. The second-order valence-electron chi connectivity index (χ2n) is 6.15. The van der Waals surface area contributed by atoms with Gasteiger partial charge in [0.2, 0.25) is 11.9 Å². The van der Waals surface area contributed by atoms with Gasteiger partial charge in [-0.2, -0.15) is 0 Å². The molecule has 0 fully saturated rings. The Labute approximate surface area is 176 Å². The minimum atomic E-state index is 0.578. The Morgan fingerprint density at radius 2 is 1.27 bits per heavy atom. The van der Waals surface area contributed by atoms with Crippen LogP contribution in [0, 0.1) is 18.8 Å². The standard InChI is InChI=1S/C14H13N3.C10H9N3/c1-3-7-13-10-11(2)15-14(17-13)16-12-8-5-4-6-9-12;1-2-5-9(6-3-1)13-10-11-7-4-8-12-10/h4-6,8-10H,1-2H3,(H,15,16,17);1-8H,(H,11,12,13). The van der Waals surface area contributed by atoms with Gasteiger partial charge in [0, 0.05) is 29.5 Å². The second kappa shape index (κ2) is 10.9. The first-order valence-electron chi connectivity index (χ1n) is 9.42. The summed E-state index contributed by atoms with van der Waals surface area (Å²) in [5.74, 6) is 6.96. The number of aromatic nitrogens is 4. The Morgan fingerprint density at radius 3 is 1.83 bits per heavy atom. The monoisotopic (exact) mass is 394 g/mol. The van der Waals surface area contributed by atoms with Gasteiger partial charge in [-0.05, 0) is 56.2 Å². The van der Waals surface area contributed by atoms with Gasteiger partial charge in [-0.25, -0.2) is 19.9 Å². The number of nitrogens with one attached hydrogen (secondary N) is 2. The predicted octanol–water partition coefficient (Wildman–Crippen LogP) is 5.12. The Morgan fingerprint density at radius 1 is 0.700 bits per heavy atom. The maximum Gasteiger partial charge on any atom is 0.228 e. The predicted molar refractivity (Wildman–Crippen MR) is 121 cm³/mol. The highest BCUT2D eigenvalue weighted by atomic mass is 15.1. The van der Waals surface area contributed by atoms with Crippen molar-refractivity contribution in [1.82, 2.24) is 19.9 Å². The number of aryl methyl sites for hydroxylation is 1. The van der Waals surface area contributed by atoms with Crippen LogP contribution in [0.5, 0.6) is 0 Å². The van der Waals surface area contributed by atoms with E-state index in [-0.39, 0.29) is 0 Å². The van der Waals surface area contributed by atoms with Crippen molar-refractivity contribution >= 4 is 23.3 Å². The molecule has 2 aromatic carbocycles. The van der Waals surface area contributed by atoms with Crippen LogP contribution in [-0.2, 0) is 0 Å². The number of benzene rings is 2. The molecule has 30 heavy (non-hydrogen) atoms. The van der Waals surface area contributed by atoms with Crippen molar-refractivity contribution in [3.05, 3.63) is 96.6 Å². The summed E-state index contributed by atoms with van der Waals surface area (Å²) in [6.07, 6.45) is 3.41. The summed E-state index contributed by atoms with van der Waals surface area (Å²) in [7, 11) is 0. The normalized spacial score (nSPS) is 9.40. The zero-order chi connectivity index (χ0) is 21.0. The maximum absolute atomic E-state index is 4.32. The Bertz CT molecular complexity index is 1070. The summed E-state index contributed by atoms with van der Waals surface area (Å²) in [4.78, 5) is 16.7. The zero-order valence-electron chi connectivity index (χ0n) is 16.9. The molecule has 0 atom stereocenters. The first-order chi connectivity index (χ1) is 14.7. The summed E-state index contributed by atoms with van der Waals surface area (Å²) in [6.45, 7) is 3.72. The molecule has 2 N–H and O–H groups in total. The molecule has 2 heterocycles. The van der Waals surface area contributed by atoms with Crippen molar-refractivity contribution in [3.63, 3.8) is 0 Å². The summed E-state index contributed by atoms with van der Waals surface area (Å²) in [6, 6.07) is 23.3. The van der Waals surface area contributed by atoms with Crippen LogP contribution in [0.4, 0.5) is 23.3 Å². The Balaban J connectivity index is 0.000000177. The van der Waals surface area contributed by atoms with Crippen LogP contribution in [0.25, 0.3) is 0 Å². The van der Waals surface area contributed by atoms with Gasteiger partial charge >= 0.3 is 0 Å². The number of para-hydroxylation sites is 2. The topological polar surface area (TPSA) is 75.6 Å². The van der Waals surface area contributed by atoms with Crippen LogP contribution < -0.4 is 10.6 Å². The molecule has 0 saturated heterocycles. The van der Waals surface area contributed by atoms with E-state index in [2.05, 4.69) is 42.4 Å². The van der Waals surface area contributed by atoms with Crippen LogP contribution in [0.3, 0.4) is 0 Å². The molecule has 0 amide bonds. The van der Waals surface area contributed by atoms with Crippen LogP contribution in [0.1, 0.15) is 18.3 Å². The van der Waals surface area contributed by atoms with Crippen LogP contribution >= 0.6 is 0 Å². The molecule has 6 heteroatoms. The lowest BCUT2D eigenvalue weighted by atomic mass is 10.3. The lowest BCUT2D eigenvalue weighted by Gasteiger charge is -2.05. The summed E-state index contributed by atoms with van der Waals surface area (Å²) < 4.78 is 0. The third-order valence-corrected chi connectivity index (χ3v) is 3.73. The van der Waals surface area contributed by atoms with Crippen molar-refractivity contribution in [3.8, 4) is 11.8 Å². The highest BCUT2D eigenvalue weighted by molar-refractivity contribution is 5.53. The number of hydrogen-bond acceptors (Lipinski definition) is 6. The van der Waals surface area contributed by atoms with E-state index in [1.807, 2.05) is 73.7 Å².